The van der Waals surface area contributed by atoms with Gasteiger partial charge in [0, 0.05) is 18.2 Å². The molecule has 0 amide bonds. The molecule has 5 heteroatoms. The van der Waals surface area contributed by atoms with E-state index >= 15 is 0 Å². The van der Waals surface area contributed by atoms with E-state index in [4.69, 9.17) is 0 Å². The molecule has 152 valence electrons. The molecule has 2 aromatic rings. The van der Waals surface area contributed by atoms with E-state index in [2.05, 4.69) is 66.9 Å². The van der Waals surface area contributed by atoms with Crippen LogP contribution in [0.1, 0.15) is 54.8 Å². The molecule has 4 rings (SSSR count). The van der Waals surface area contributed by atoms with E-state index in [9.17, 15) is 8.42 Å². The van der Waals surface area contributed by atoms with Crippen molar-refractivity contribution in [3.8, 4) is 0 Å². The molecule has 1 aliphatic heterocycles. The van der Waals surface area contributed by atoms with Gasteiger partial charge in [-0.25, -0.2) is 13.1 Å². The van der Waals surface area contributed by atoms with Gasteiger partial charge in [0.15, 0.2) is 0 Å². The zero-order valence-corrected chi connectivity index (χ0v) is 17.7. The van der Waals surface area contributed by atoms with Crippen molar-refractivity contribution in [3.63, 3.8) is 0 Å². The molecule has 3 atom stereocenters. The molecule has 2 N–H and O–H groups in total. The zero-order valence-electron chi connectivity index (χ0n) is 16.9. The van der Waals surface area contributed by atoms with E-state index in [1.807, 2.05) is 12.1 Å². The number of rotatable bonds is 6. The van der Waals surface area contributed by atoms with Gasteiger partial charge in [0.25, 0.3) is 0 Å². The smallest absolute Gasteiger partial charge is 0.240 e. The maximum atomic E-state index is 12.5. The van der Waals surface area contributed by atoms with Gasteiger partial charge in [0.2, 0.25) is 10.0 Å². The molecule has 4 nitrogen and oxygen atoms in total. The van der Waals surface area contributed by atoms with Crippen LogP contribution in [0.3, 0.4) is 0 Å². The van der Waals surface area contributed by atoms with Crippen LogP contribution in [0.15, 0.2) is 72.2 Å². The Morgan fingerprint density at radius 2 is 1.97 bits per heavy atom. The second-order valence-corrected chi connectivity index (χ2v) is 9.95. The summed E-state index contributed by atoms with van der Waals surface area (Å²) in [7, 11) is -3.54. The molecule has 0 aromatic heterocycles. The first-order chi connectivity index (χ1) is 13.9. The highest BCUT2D eigenvalue weighted by molar-refractivity contribution is 7.89. The largest absolute Gasteiger partial charge is 0.378 e. The Morgan fingerprint density at radius 1 is 1.21 bits per heavy atom. The van der Waals surface area contributed by atoms with E-state index < -0.39 is 10.0 Å². The Bertz CT molecular complexity index is 1040. The summed E-state index contributed by atoms with van der Waals surface area (Å²) < 4.78 is 27.6. The SMILES string of the molecule is C=CCNS(=O)(=O)c1ccc2c(c1)C1C=CCC1C(c1ccc(C(C)C)cc1)N2. The van der Waals surface area contributed by atoms with E-state index in [0.717, 1.165) is 17.7 Å². The zero-order chi connectivity index (χ0) is 20.6. The Balaban J connectivity index is 1.68. The van der Waals surface area contributed by atoms with Gasteiger partial charge < -0.3 is 5.32 Å². The summed E-state index contributed by atoms with van der Waals surface area (Å²) >= 11 is 0. The van der Waals surface area contributed by atoms with Gasteiger partial charge in [0.1, 0.15) is 0 Å². The molecule has 3 unspecified atom stereocenters. The molecule has 0 saturated carbocycles. The Hall–Kier alpha value is -2.37. The third-order valence-electron chi connectivity index (χ3n) is 6.02. The molecule has 0 spiro atoms. The minimum Gasteiger partial charge on any atom is -0.378 e. The Kier molecular flexibility index (Phi) is 5.36. The highest BCUT2D eigenvalue weighted by Crippen LogP contribution is 2.50. The summed E-state index contributed by atoms with van der Waals surface area (Å²) in [5, 5.41) is 3.68. The Morgan fingerprint density at radius 3 is 2.66 bits per heavy atom. The number of hydrogen-bond donors (Lipinski definition) is 2. The summed E-state index contributed by atoms with van der Waals surface area (Å²) in [4.78, 5) is 0.304. The number of nitrogens with one attached hydrogen (secondary N) is 2. The number of fused-ring (bicyclic) bond motifs is 3. The van der Waals surface area contributed by atoms with Gasteiger partial charge in [0.05, 0.1) is 10.9 Å². The maximum absolute atomic E-state index is 12.5. The quantitative estimate of drug-likeness (QED) is 0.654. The molecule has 1 heterocycles. The predicted octanol–water partition coefficient (Wildman–Crippen LogP) is 5.10. The molecule has 2 aliphatic rings. The minimum absolute atomic E-state index is 0.213. The van der Waals surface area contributed by atoms with E-state index in [0.29, 0.717) is 16.7 Å². The number of benzene rings is 2. The van der Waals surface area contributed by atoms with Gasteiger partial charge in [-0.05, 0) is 53.1 Å². The topological polar surface area (TPSA) is 58.2 Å². The lowest BCUT2D eigenvalue weighted by atomic mass is 9.77. The van der Waals surface area contributed by atoms with Gasteiger partial charge in [-0.1, -0.05) is 56.3 Å². The lowest BCUT2D eigenvalue weighted by Gasteiger charge is -2.37. The Labute approximate surface area is 173 Å². The van der Waals surface area contributed by atoms with Crippen LogP contribution in [0.25, 0.3) is 0 Å². The number of sulfonamides is 1. The van der Waals surface area contributed by atoms with Crippen LogP contribution >= 0.6 is 0 Å². The van der Waals surface area contributed by atoms with Crippen LogP contribution in [0.2, 0.25) is 0 Å². The standard InChI is InChI=1S/C24H28N2O2S/c1-4-14-25-29(27,28)19-12-13-23-22(15-19)20-6-5-7-21(20)24(26-23)18-10-8-17(9-11-18)16(2)3/h4-6,8-13,15-16,20-21,24-26H,1,7,14H2,2-3H3. The first-order valence-corrected chi connectivity index (χ1v) is 11.7. The van der Waals surface area contributed by atoms with Crippen molar-refractivity contribution in [2.24, 2.45) is 5.92 Å². The summed E-state index contributed by atoms with van der Waals surface area (Å²) in [6.45, 7) is 8.21. The lowest BCUT2D eigenvalue weighted by Crippen LogP contribution is -2.30. The van der Waals surface area contributed by atoms with Crippen molar-refractivity contribution in [2.75, 3.05) is 11.9 Å². The average molecular weight is 409 g/mol. The van der Waals surface area contributed by atoms with Gasteiger partial charge >= 0.3 is 0 Å². The second kappa shape index (κ2) is 7.81. The van der Waals surface area contributed by atoms with Crippen molar-refractivity contribution in [1.29, 1.82) is 0 Å². The van der Waals surface area contributed by atoms with E-state index in [1.165, 1.54) is 11.1 Å². The molecule has 29 heavy (non-hydrogen) atoms. The van der Waals surface area contributed by atoms with Crippen LogP contribution in [0.4, 0.5) is 5.69 Å². The average Bonchev–Trinajstić information content (AvgIpc) is 3.21. The summed E-state index contributed by atoms with van der Waals surface area (Å²) in [5.41, 5.74) is 4.69. The normalized spacial score (nSPS) is 22.8. The van der Waals surface area contributed by atoms with Crippen molar-refractivity contribution < 1.29 is 8.42 Å². The van der Waals surface area contributed by atoms with Gasteiger partial charge in [-0.2, -0.15) is 0 Å². The van der Waals surface area contributed by atoms with Crippen LogP contribution in [0, 0.1) is 5.92 Å². The summed E-state index contributed by atoms with van der Waals surface area (Å²) in [5.74, 6) is 1.11. The summed E-state index contributed by atoms with van der Waals surface area (Å²) in [6, 6.07) is 14.5. The molecule has 2 aromatic carbocycles. The van der Waals surface area contributed by atoms with Crippen LogP contribution in [-0.2, 0) is 10.0 Å². The molecule has 0 fully saturated rings. The summed E-state index contributed by atoms with van der Waals surface area (Å²) in [6.07, 6.45) is 6.98. The van der Waals surface area contributed by atoms with Crippen LogP contribution in [0.5, 0.6) is 0 Å². The highest BCUT2D eigenvalue weighted by Gasteiger charge is 2.38. The fourth-order valence-electron chi connectivity index (χ4n) is 4.41. The fraction of sp³-hybridized carbons (Fsp3) is 0.333. The van der Waals surface area contributed by atoms with E-state index in [-0.39, 0.29) is 18.5 Å². The second-order valence-electron chi connectivity index (χ2n) is 8.19. The first-order valence-electron chi connectivity index (χ1n) is 10.2. The van der Waals surface area contributed by atoms with Crippen LogP contribution < -0.4 is 10.0 Å². The first kappa shape index (κ1) is 19.9. The van der Waals surface area contributed by atoms with Gasteiger partial charge in [-0.3, -0.25) is 0 Å². The molecule has 1 aliphatic carbocycles. The number of anilines is 1. The van der Waals surface area contributed by atoms with Crippen molar-refractivity contribution >= 4 is 15.7 Å². The third kappa shape index (κ3) is 3.77. The molecular weight excluding hydrogens is 380 g/mol. The molecule has 0 radical (unpaired) electrons. The monoisotopic (exact) mass is 408 g/mol. The van der Waals surface area contributed by atoms with Crippen molar-refractivity contribution in [2.45, 2.75) is 43.0 Å². The molecule has 0 saturated heterocycles. The predicted molar refractivity (Wildman–Crippen MR) is 119 cm³/mol. The maximum Gasteiger partial charge on any atom is 0.240 e. The lowest BCUT2D eigenvalue weighted by molar-refractivity contribution is 0.425. The minimum atomic E-state index is -3.54. The third-order valence-corrected chi connectivity index (χ3v) is 7.45. The number of hydrogen-bond acceptors (Lipinski definition) is 3. The van der Waals surface area contributed by atoms with Crippen LogP contribution in [-0.4, -0.2) is 15.0 Å². The van der Waals surface area contributed by atoms with Crippen molar-refractivity contribution in [3.05, 3.63) is 84.0 Å². The van der Waals surface area contributed by atoms with E-state index in [1.54, 1.807) is 12.1 Å². The fourth-order valence-corrected chi connectivity index (χ4v) is 5.44. The van der Waals surface area contributed by atoms with Gasteiger partial charge in [-0.15, -0.1) is 6.58 Å². The van der Waals surface area contributed by atoms with Crippen molar-refractivity contribution in [1.82, 2.24) is 4.72 Å². The number of allylic oxidation sites excluding steroid dienone is 2. The molecule has 0 bridgehead atoms. The highest BCUT2D eigenvalue weighted by atomic mass is 32.2. The molecular formula is C24H28N2O2S.